The molecule has 0 aliphatic carbocycles. The summed E-state index contributed by atoms with van der Waals surface area (Å²) in [4.78, 5) is 0. The number of aryl methyl sites for hydroxylation is 1. The Balaban J connectivity index is 2.40. The van der Waals surface area contributed by atoms with Crippen molar-refractivity contribution in [3.05, 3.63) is 27.7 Å². The minimum Gasteiger partial charge on any atom is -0.507 e. The summed E-state index contributed by atoms with van der Waals surface area (Å²) in [6.07, 6.45) is 1.11. The number of phenols is 1. The van der Waals surface area contributed by atoms with Crippen molar-refractivity contribution in [3.63, 3.8) is 0 Å². The summed E-state index contributed by atoms with van der Waals surface area (Å²) < 4.78 is 1.05. The topological polar surface area (TPSA) is 32.3 Å². The van der Waals surface area contributed by atoms with Crippen LogP contribution in [0, 0.1) is 6.92 Å². The predicted molar refractivity (Wildman–Crippen MR) is 60.8 cm³/mol. The van der Waals surface area contributed by atoms with Crippen LogP contribution in [0.1, 0.15) is 23.5 Å². The largest absolute Gasteiger partial charge is 0.507 e. The molecular formula is C11H14BrNO. The van der Waals surface area contributed by atoms with Gasteiger partial charge in [0.1, 0.15) is 5.75 Å². The second kappa shape index (κ2) is 3.91. The molecule has 0 bridgehead atoms. The molecule has 1 aliphatic rings. The van der Waals surface area contributed by atoms with Crippen molar-refractivity contribution in [2.24, 2.45) is 0 Å². The molecule has 2 N–H and O–H groups in total. The Hall–Kier alpha value is -0.540. The van der Waals surface area contributed by atoms with E-state index in [9.17, 15) is 5.11 Å². The maximum absolute atomic E-state index is 9.93. The van der Waals surface area contributed by atoms with Crippen molar-refractivity contribution in [1.29, 1.82) is 0 Å². The van der Waals surface area contributed by atoms with E-state index in [1.165, 1.54) is 0 Å². The van der Waals surface area contributed by atoms with Crippen LogP contribution >= 0.6 is 15.9 Å². The number of benzene rings is 1. The molecule has 0 aromatic heterocycles. The number of aromatic hydroxyl groups is 1. The number of phenolic OH excluding ortho intramolecular Hbond substituents is 1. The first kappa shape index (κ1) is 9.99. The van der Waals surface area contributed by atoms with E-state index in [-0.39, 0.29) is 0 Å². The van der Waals surface area contributed by atoms with Gasteiger partial charge in [0.15, 0.2) is 0 Å². The van der Waals surface area contributed by atoms with Crippen molar-refractivity contribution in [2.75, 3.05) is 13.1 Å². The second-order valence-electron chi connectivity index (χ2n) is 3.85. The first-order valence-electron chi connectivity index (χ1n) is 4.88. The Bertz CT molecular complexity index is 345. The summed E-state index contributed by atoms with van der Waals surface area (Å²) in [6, 6.07) is 3.97. The third-order valence-corrected chi connectivity index (χ3v) is 3.25. The van der Waals surface area contributed by atoms with Gasteiger partial charge in [-0.2, -0.15) is 0 Å². The molecule has 1 aliphatic heterocycles. The fourth-order valence-corrected chi connectivity index (χ4v) is 2.58. The van der Waals surface area contributed by atoms with Crippen LogP contribution < -0.4 is 5.32 Å². The molecule has 1 saturated heterocycles. The molecular weight excluding hydrogens is 242 g/mol. The Morgan fingerprint density at radius 1 is 1.50 bits per heavy atom. The van der Waals surface area contributed by atoms with Gasteiger partial charge in [0.25, 0.3) is 0 Å². The van der Waals surface area contributed by atoms with Crippen molar-refractivity contribution in [2.45, 2.75) is 19.3 Å². The van der Waals surface area contributed by atoms with Gasteiger partial charge < -0.3 is 10.4 Å². The highest BCUT2D eigenvalue weighted by molar-refractivity contribution is 9.10. The Kier molecular flexibility index (Phi) is 2.79. The molecule has 1 fully saturated rings. The van der Waals surface area contributed by atoms with Crippen LogP contribution in [0.4, 0.5) is 0 Å². The molecule has 0 radical (unpaired) electrons. The quantitative estimate of drug-likeness (QED) is 0.809. The van der Waals surface area contributed by atoms with Gasteiger partial charge in [0.05, 0.1) is 0 Å². The highest BCUT2D eigenvalue weighted by Crippen LogP contribution is 2.34. The zero-order valence-corrected chi connectivity index (χ0v) is 9.76. The van der Waals surface area contributed by atoms with Crippen LogP contribution in [0.5, 0.6) is 5.75 Å². The fraction of sp³-hybridized carbons (Fsp3) is 0.455. The molecule has 14 heavy (non-hydrogen) atoms. The summed E-state index contributed by atoms with van der Waals surface area (Å²) in [5, 5.41) is 13.2. The Labute approximate surface area is 92.5 Å². The van der Waals surface area contributed by atoms with E-state index in [1.54, 1.807) is 0 Å². The second-order valence-corrected chi connectivity index (χ2v) is 4.77. The van der Waals surface area contributed by atoms with Crippen LogP contribution in [0.2, 0.25) is 0 Å². The van der Waals surface area contributed by atoms with E-state index in [4.69, 9.17) is 0 Å². The van der Waals surface area contributed by atoms with Crippen LogP contribution in [0.3, 0.4) is 0 Å². The first-order valence-corrected chi connectivity index (χ1v) is 5.67. The molecule has 1 aromatic carbocycles. The lowest BCUT2D eigenvalue weighted by atomic mass is 9.96. The van der Waals surface area contributed by atoms with Crippen LogP contribution in [-0.2, 0) is 0 Å². The summed E-state index contributed by atoms with van der Waals surface area (Å²) >= 11 is 3.46. The lowest BCUT2D eigenvalue weighted by molar-refractivity contribution is 0.458. The van der Waals surface area contributed by atoms with Crippen molar-refractivity contribution < 1.29 is 5.11 Å². The van der Waals surface area contributed by atoms with Gasteiger partial charge in [0.2, 0.25) is 0 Å². The lowest BCUT2D eigenvalue weighted by Crippen LogP contribution is -2.08. The number of nitrogens with one attached hydrogen (secondary N) is 1. The Morgan fingerprint density at radius 2 is 2.29 bits per heavy atom. The normalized spacial score (nSPS) is 21.4. The number of halogens is 1. The highest BCUT2D eigenvalue weighted by Gasteiger charge is 2.20. The predicted octanol–water partition coefficient (Wildman–Crippen LogP) is 2.54. The summed E-state index contributed by atoms with van der Waals surface area (Å²) in [6.45, 7) is 3.96. The molecule has 3 heteroatoms. The van der Waals surface area contributed by atoms with Gasteiger partial charge in [-0.3, -0.25) is 0 Å². The maximum atomic E-state index is 9.93. The van der Waals surface area contributed by atoms with Gasteiger partial charge >= 0.3 is 0 Å². The van der Waals surface area contributed by atoms with Gasteiger partial charge in [-0.15, -0.1) is 0 Å². The standard InChI is InChI=1S/C11H14BrNO/c1-7-4-9(12)5-10(11(7)14)8-2-3-13-6-8/h4-5,8,13-14H,2-3,6H2,1H3. The molecule has 0 spiro atoms. The van der Waals surface area contributed by atoms with Gasteiger partial charge in [-0.1, -0.05) is 15.9 Å². The van der Waals surface area contributed by atoms with E-state index >= 15 is 0 Å². The molecule has 0 saturated carbocycles. The molecule has 1 unspecified atom stereocenters. The summed E-state index contributed by atoms with van der Waals surface area (Å²) in [7, 11) is 0. The van der Waals surface area contributed by atoms with E-state index in [2.05, 4.69) is 21.2 Å². The minimum absolute atomic E-state index is 0.460. The van der Waals surface area contributed by atoms with Crippen LogP contribution in [0.15, 0.2) is 16.6 Å². The van der Waals surface area contributed by atoms with Crippen LogP contribution in [0.25, 0.3) is 0 Å². The smallest absolute Gasteiger partial charge is 0.122 e. The van der Waals surface area contributed by atoms with Crippen LogP contribution in [-0.4, -0.2) is 18.2 Å². The molecule has 1 aromatic rings. The molecule has 76 valence electrons. The van der Waals surface area contributed by atoms with Gasteiger partial charge in [0, 0.05) is 16.9 Å². The highest BCUT2D eigenvalue weighted by atomic mass is 79.9. The lowest BCUT2D eigenvalue weighted by Gasteiger charge is -2.13. The minimum atomic E-state index is 0.460. The molecule has 0 amide bonds. The van der Waals surface area contributed by atoms with Crippen molar-refractivity contribution in [3.8, 4) is 5.75 Å². The molecule has 1 atom stereocenters. The first-order chi connectivity index (χ1) is 6.68. The zero-order chi connectivity index (χ0) is 10.1. The summed E-state index contributed by atoms with van der Waals surface area (Å²) in [5.41, 5.74) is 2.02. The SMILES string of the molecule is Cc1cc(Br)cc(C2CCNC2)c1O. The summed E-state index contributed by atoms with van der Waals surface area (Å²) in [5.74, 6) is 0.924. The Morgan fingerprint density at radius 3 is 2.93 bits per heavy atom. The molecule has 2 rings (SSSR count). The van der Waals surface area contributed by atoms with Crippen molar-refractivity contribution in [1.82, 2.24) is 5.32 Å². The van der Waals surface area contributed by atoms with E-state index in [1.807, 2.05) is 19.1 Å². The van der Waals surface area contributed by atoms with Crippen molar-refractivity contribution >= 4 is 15.9 Å². The van der Waals surface area contributed by atoms with E-state index < -0.39 is 0 Å². The molecule has 1 heterocycles. The maximum Gasteiger partial charge on any atom is 0.122 e. The zero-order valence-electron chi connectivity index (χ0n) is 8.18. The average molecular weight is 256 g/mol. The van der Waals surface area contributed by atoms with E-state index in [0.29, 0.717) is 11.7 Å². The molecule has 2 nitrogen and oxygen atoms in total. The third kappa shape index (κ3) is 1.79. The monoisotopic (exact) mass is 255 g/mol. The number of hydrogen-bond acceptors (Lipinski definition) is 2. The number of rotatable bonds is 1. The third-order valence-electron chi connectivity index (χ3n) is 2.79. The van der Waals surface area contributed by atoms with E-state index in [0.717, 1.165) is 35.1 Å². The average Bonchev–Trinajstić information content (AvgIpc) is 2.63. The fourth-order valence-electron chi connectivity index (χ4n) is 1.99. The van der Waals surface area contributed by atoms with Gasteiger partial charge in [-0.05, 0) is 43.1 Å². The number of hydrogen-bond donors (Lipinski definition) is 2. The van der Waals surface area contributed by atoms with Gasteiger partial charge in [-0.25, -0.2) is 0 Å².